The number of rotatable bonds is 6. The first-order valence-corrected chi connectivity index (χ1v) is 12.2. The van der Waals surface area contributed by atoms with Gasteiger partial charge < -0.3 is 9.84 Å². The maximum absolute atomic E-state index is 13.9. The number of aliphatic hydroxyl groups is 1. The fourth-order valence-electron chi connectivity index (χ4n) is 4.47. The van der Waals surface area contributed by atoms with Gasteiger partial charge in [0.25, 0.3) is 11.1 Å². The quantitative estimate of drug-likeness (QED) is 0.392. The predicted molar refractivity (Wildman–Crippen MR) is 136 cm³/mol. The van der Waals surface area contributed by atoms with E-state index in [0.717, 1.165) is 12.6 Å². The Labute approximate surface area is 220 Å². The molecule has 0 radical (unpaired) electrons. The number of ether oxygens (including phenoxy) is 1. The van der Waals surface area contributed by atoms with Gasteiger partial charge in [0.1, 0.15) is 34.7 Å². The molecule has 1 saturated carbocycles. The monoisotopic (exact) mass is 540 g/mol. The molecule has 0 amide bonds. The predicted octanol–water partition coefficient (Wildman–Crippen LogP) is 4.28. The number of aromatic nitrogens is 4. The number of aryl methyl sites for hydroxylation is 2. The highest BCUT2D eigenvalue weighted by atomic mass is 35.5. The van der Waals surface area contributed by atoms with Gasteiger partial charge in [-0.05, 0) is 50.8 Å². The van der Waals surface area contributed by atoms with Crippen molar-refractivity contribution in [2.24, 2.45) is 0 Å². The van der Waals surface area contributed by atoms with E-state index in [4.69, 9.17) is 16.3 Å². The van der Waals surface area contributed by atoms with E-state index in [1.54, 1.807) is 38.2 Å². The van der Waals surface area contributed by atoms with Crippen molar-refractivity contribution in [2.75, 3.05) is 0 Å². The Morgan fingerprint density at radius 2 is 1.87 bits per heavy atom. The molecule has 0 aliphatic heterocycles. The van der Waals surface area contributed by atoms with Crippen molar-refractivity contribution in [3.63, 3.8) is 0 Å². The highest BCUT2D eigenvalue weighted by Gasteiger charge is 2.38. The van der Waals surface area contributed by atoms with E-state index in [9.17, 15) is 23.5 Å². The number of nitrogens with zero attached hydrogens (tertiary/aromatic N) is 4. The minimum absolute atomic E-state index is 0.0144. The van der Waals surface area contributed by atoms with Crippen LogP contribution in [0.3, 0.4) is 0 Å². The Kier molecular flexibility index (Phi) is 6.62. The Bertz CT molecular complexity index is 1680. The van der Waals surface area contributed by atoms with Gasteiger partial charge in [0.2, 0.25) is 0 Å². The van der Waals surface area contributed by atoms with E-state index >= 15 is 0 Å². The summed E-state index contributed by atoms with van der Waals surface area (Å²) in [5.41, 5.74) is -0.425. The first-order chi connectivity index (χ1) is 18.1. The van der Waals surface area contributed by atoms with Crippen LogP contribution in [0, 0.1) is 25.5 Å². The lowest BCUT2D eigenvalue weighted by atomic mass is 9.75. The summed E-state index contributed by atoms with van der Waals surface area (Å²) in [6.45, 7) is 3.06. The topological polar surface area (TPSA) is 99.2 Å². The standard InChI is InChI=1S/C27H23ClF2N4O4/c1-15-12-32-23(33-8-3-5-18(25(33)35)27(37)6-4-7-27)11-21(15)34-16(2)9-22(24(28)26(34)36)38-14-20-19(30)10-17(29)13-31-20/h3,5,8-13,37H,4,6-7,14H2,1-2H3. The van der Waals surface area contributed by atoms with Crippen LogP contribution in [0.25, 0.3) is 11.5 Å². The molecule has 0 saturated heterocycles. The molecule has 1 aliphatic rings. The molecule has 0 spiro atoms. The zero-order valence-electron chi connectivity index (χ0n) is 20.5. The summed E-state index contributed by atoms with van der Waals surface area (Å²) in [5.74, 6) is -1.42. The molecule has 0 atom stereocenters. The smallest absolute Gasteiger partial charge is 0.277 e. The second-order valence-electron chi connectivity index (χ2n) is 9.29. The third kappa shape index (κ3) is 4.50. The fraction of sp³-hybridized carbons (Fsp3) is 0.259. The maximum Gasteiger partial charge on any atom is 0.277 e. The first-order valence-electron chi connectivity index (χ1n) is 11.9. The van der Waals surface area contributed by atoms with Gasteiger partial charge >= 0.3 is 0 Å². The van der Waals surface area contributed by atoms with Gasteiger partial charge in [0.15, 0.2) is 5.82 Å². The van der Waals surface area contributed by atoms with E-state index in [1.807, 2.05) is 0 Å². The SMILES string of the molecule is Cc1cnc(-n2cccc(C3(O)CCC3)c2=O)cc1-n1c(C)cc(OCc2ncc(F)cc2F)c(Cl)c1=O. The number of hydrogen-bond acceptors (Lipinski definition) is 6. The van der Waals surface area contributed by atoms with Crippen molar-refractivity contribution >= 4 is 11.6 Å². The van der Waals surface area contributed by atoms with Gasteiger partial charge in [-0.3, -0.25) is 23.7 Å². The van der Waals surface area contributed by atoms with Crippen LogP contribution in [0.4, 0.5) is 8.78 Å². The molecule has 1 N–H and O–H groups in total. The molecular weight excluding hydrogens is 518 g/mol. The Hall–Kier alpha value is -3.89. The molecule has 0 unspecified atom stereocenters. The van der Waals surface area contributed by atoms with Crippen LogP contribution in [0.1, 0.15) is 41.8 Å². The van der Waals surface area contributed by atoms with Crippen LogP contribution >= 0.6 is 11.6 Å². The molecule has 1 aliphatic carbocycles. The zero-order chi connectivity index (χ0) is 27.2. The van der Waals surface area contributed by atoms with Crippen LogP contribution in [0.15, 0.2) is 58.5 Å². The minimum atomic E-state index is -1.14. The van der Waals surface area contributed by atoms with E-state index in [2.05, 4.69) is 9.97 Å². The molecule has 196 valence electrons. The largest absolute Gasteiger partial charge is 0.485 e. The average molecular weight is 541 g/mol. The van der Waals surface area contributed by atoms with Gasteiger partial charge in [-0.25, -0.2) is 13.8 Å². The summed E-state index contributed by atoms with van der Waals surface area (Å²) in [6.07, 6.45) is 5.83. The van der Waals surface area contributed by atoms with Crippen LogP contribution in [0.5, 0.6) is 5.75 Å². The van der Waals surface area contributed by atoms with Crippen molar-refractivity contribution in [1.82, 2.24) is 19.1 Å². The second-order valence-corrected chi connectivity index (χ2v) is 9.66. The Morgan fingerprint density at radius 1 is 1.11 bits per heavy atom. The third-order valence-electron chi connectivity index (χ3n) is 6.73. The maximum atomic E-state index is 13.9. The number of pyridine rings is 4. The van der Waals surface area contributed by atoms with E-state index in [1.165, 1.54) is 21.4 Å². The van der Waals surface area contributed by atoms with Gasteiger partial charge in [0.05, 0.1) is 17.5 Å². The van der Waals surface area contributed by atoms with Crippen molar-refractivity contribution in [3.05, 3.63) is 109 Å². The summed E-state index contributed by atoms with van der Waals surface area (Å²) in [7, 11) is 0. The molecule has 8 nitrogen and oxygen atoms in total. The van der Waals surface area contributed by atoms with Crippen LogP contribution in [-0.4, -0.2) is 24.2 Å². The second kappa shape index (κ2) is 9.77. The molecule has 0 aromatic carbocycles. The summed E-state index contributed by atoms with van der Waals surface area (Å²) < 4.78 is 35.3. The third-order valence-corrected chi connectivity index (χ3v) is 7.07. The van der Waals surface area contributed by atoms with Gasteiger partial charge in [-0.15, -0.1) is 0 Å². The van der Waals surface area contributed by atoms with Crippen LogP contribution in [0.2, 0.25) is 5.02 Å². The van der Waals surface area contributed by atoms with Crippen LogP contribution < -0.4 is 15.9 Å². The molecule has 11 heteroatoms. The molecule has 5 rings (SSSR count). The normalized spacial score (nSPS) is 14.3. The van der Waals surface area contributed by atoms with E-state index in [-0.39, 0.29) is 34.5 Å². The van der Waals surface area contributed by atoms with Crippen molar-refractivity contribution < 1.29 is 18.6 Å². The highest BCUT2D eigenvalue weighted by Crippen LogP contribution is 2.39. The summed E-state index contributed by atoms with van der Waals surface area (Å²) in [6, 6.07) is 7.09. The molecule has 1 fully saturated rings. The van der Waals surface area contributed by atoms with E-state index in [0.29, 0.717) is 41.4 Å². The van der Waals surface area contributed by atoms with Gasteiger partial charge in [-0.1, -0.05) is 11.6 Å². The summed E-state index contributed by atoms with van der Waals surface area (Å²) in [5, 5.41) is 10.5. The lowest BCUT2D eigenvalue weighted by Gasteiger charge is -2.36. The van der Waals surface area contributed by atoms with Crippen LogP contribution in [-0.2, 0) is 12.2 Å². The fourth-order valence-corrected chi connectivity index (χ4v) is 4.66. The lowest BCUT2D eigenvalue weighted by Crippen LogP contribution is -2.40. The van der Waals surface area contributed by atoms with E-state index < -0.39 is 22.8 Å². The summed E-state index contributed by atoms with van der Waals surface area (Å²) >= 11 is 6.35. The minimum Gasteiger partial charge on any atom is -0.485 e. The highest BCUT2D eigenvalue weighted by molar-refractivity contribution is 6.31. The molecule has 4 aromatic rings. The molecule has 38 heavy (non-hydrogen) atoms. The molecular formula is C27H23ClF2N4O4. The van der Waals surface area contributed by atoms with Crippen molar-refractivity contribution in [3.8, 4) is 17.3 Å². The van der Waals surface area contributed by atoms with Crippen molar-refractivity contribution in [1.29, 1.82) is 0 Å². The number of halogens is 3. The Morgan fingerprint density at radius 3 is 2.55 bits per heavy atom. The lowest BCUT2D eigenvalue weighted by molar-refractivity contribution is -0.0402. The van der Waals surface area contributed by atoms with Gasteiger partial charge in [0, 0.05) is 41.9 Å². The van der Waals surface area contributed by atoms with Crippen molar-refractivity contribution in [2.45, 2.75) is 45.3 Å². The molecule has 0 bridgehead atoms. The zero-order valence-corrected chi connectivity index (χ0v) is 21.3. The summed E-state index contributed by atoms with van der Waals surface area (Å²) in [4.78, 5) is 34.6. The molecule has 4 heterocycles. The molecule has 4 aromatic heterocycles. The van der Waals surface area contributed by atoms with Gasteiger partial charge in [-0.2, -0.15) is 0 Å². The first kappa shape index (κ1) is 25.7. The average Bonchev–Trinajstić information content (AvgIpc) is 2.86. The number of hydrogen-bond donors (Lipinski definition) is 1. The Balaban J connectivity index is 1.52.